The SMILES string of the molecule is C=C1C(=CC=C2CCC[C@]3(C)[C@@H]([C@H](C)C=CC(=O)C(C)(C)OC(=O)OCCC)CC[C@@H]23)C[C@@H](O[Si](C)(C)C(C)(C)C)C[C@@H]1O[Si](C)(C)C(C)(C)C. The molecule has 0 aromatic carbocycles. The van der Waals surface area contributed by atoms with Crippen molar-refractivity contribution in [1.82, 2.24) is 0 Å². The average molecular weight is 743 g/mol. The largest absolute Gasteiger partial charge is 0.509 e. The topological polar surface area (TPSA) is 71.1 Å². The lowest BCUT2D eigenvalue weighted by Crippen LogP contribution is -2.49. The number of hydrogen-bond acceptors (Lipinski definition) is 6. The Morgan fingerprint density at radius 1 is 0.961 bits per heavy atom. The summed E-state index contributed by atoms with van der Waals surface area (Å²) < 4.78 is 24.6. The molecule has 0 spiro atoms. The van der Waals surface area contributed by atoms with Crippen LogP contribution in [-0.2, 0) is 23.1 Å². The molecule has 0 radical (unpaired) electrons. The van der Waals surface area contributed by atoms with E-state index >= 15 is 0 Å². The molecule has 0 heterocycles. The summed E-state index contributed by atoms with van der Waals surface area (Å²) in [5, 5.41) is 0.254. The molecule has 3 saturated carbocycles. The van der Waals surface area contributed by atoms with E-state index in [0.29, 0.717) is 18.3 Å². The van der Waals surface area contributed by atoms with Crippen LogP contribution in [0.15, 0.2) is 47.6 Å². The summed E-state index contributed by atoms with van der Waals surface area (Å²) in [6.45, 7) is 38.1. The zero-order valence-electron chi connectivity index (χ0n) is 35.2. The second-order valence-electron chi connectivity index (χ2n) is 19.7. The normalized spacial score (nSPS) is 29.0. The first-order chi connectivity index (χ1) is 23.3. The van der Waals surface area contributed by atoms with Crippen LogP contribution in [0.25, 0.3) is 0 Å². The molecule has 0 N–H and O–H groups in total. The second-order valence-corrected chi connectivity index (χ2v) is 29.2. The zero-order valence-corrected chi connectivity index (χ0v) is 37.2. The molecule has 51 heavy (non-hydrogen) atoms. The molecule has 0 aliphatic heterocycles. The van der Waals surface area contributed by atoms with Gasteiger partial charge < -0.3 is 18.3 Å². The van der Waals surface area contributed by atoms with E-state index in [1.54, 1.807) is 25.5 Å². The highest BCUT2D eigenvalue weighted by Crippen LogP contribution is 2.59. The van der Waals surface area contributed by atoms with E-state index in [9.17, 15) is 9.59 Å². The van der Waals surface area contributed by atoms with Gasteiger partial charge in [-0.1, -0.05) is 92.7 Å². The van der Waals surface area contributed by atoms with Crippen LogP contribution in [0, 0.1) is 23.2 Å². The van der Waals surface area contributed by atoms with Crippen molar-refractivity contribution < 1.29 is 27.9 Å². The van der Waals surface area contributed by atoms with Crippen molar-refractivity contribution in [2.24, 2.45) is 23.2 Å². The molecule has 8 heteroatoms. The maximum Gasteiger partial charge on any atom is 0.509 e. The average Bonchev–Trinajstić information content (AvgIpc) is 3.35. The molecule has 3 aliphatic rings. The molecule has 6 nitrogen and oxygen atoms in total. The van der Waals surface area contributed by atoms with E-state index in [1.165, 1.54) is 18.4 Å². The smallest absolute Gasteiger partial charge is 0.434 e. The van der Waals surface area contributed by atoms with Crippen LogP contribution >= 0.6 is 0 Å². The van der Waals surface area contributed by atoms with Crippen LogP contribution < -0.4 is 0 Å². The van der Waals surface area contributed by atoms with Gasteiger partial charge in [0.1, 0.15) is 0 Å². The van der Waals surface area contributed by atoms with Crippen LogP contribution in [0.3, 0.4) is 0 Å². The second kappa shape index (κ2) is 16.3. The van der Waals surface area contributed by atoms with Crippen molar-refractivity contribution in [3.63, 3.8) is 0 Å². The standard InChI is InChI=1S/C43H74O6Si2/c1-17-27-46-39(45)47-42(10,11)38(44)25-20-30(2)35-23-24-36-32(19-18-26-43(35,36)12)21-22-33-28-34(48-50(13,14)40(4,5)6)29-37(31(33)3)49-51(15,16)41(7,8)9/h20-22,25,30,34-37H,3,17-19,23-24,26-29H2,1-2,4-16H3/t30-,34-,35-,36+,37+,43-/m1/s1. The minimum Gasteiger partial charge on any atom is -0.434 e. The van der Waals surface area contributed by atoms with E-state index < -0.39 is 28.4 Å². The third-order valence-corrected chi connectivity index (χ3v) is 22.3. The van der Waals surface area contributed by atoms with Gasteiger partial charge in [0.15, 0.2) is 28.0 Å². The Hall–Kier alpha value is -1.75. The van der Waals surface area contributed by atoms with Gasteiger partial charge in [-0.2, -0.15) is 0 Å². The molecular weight excluding hydrogens is 669 g/mol. The first-order valence-electron chi connectivity index (χ1n) is 19.8. The van der Waals surface area contributed by atoms with E-state index in [1.807, 2.05) is 13.0 Å². The number of hydrogen-bond donors (Lipinski definition) is 0. The molecule has 3 aliphatic carbocycles. The summed E-state index contributed by atoms with van der Waals surface area (Å²) in [6, 6.07) is 0. The number of ketones is 1. The molecule has 6 atom stereocenters. The molecule has 0 unspecified atom stereocenters. The van der Waals surface area contributed by atoms with Crippen molar-refractivity contribution >= 4 is 28.6 Å². The summed E-state index contributed by atoms with van der Waals surface area (Å²) in [7, 11) is -4.01. The molecule has 3 rings (SSSR count). The lowest BCUT2D eigenvalue weighted by atomic mass is 9.61. The Morgan fingerprint density at radius 2 is 1.57 bits per heavy atom. The highest BCUT2D eigenvalue weighted by Gasteiger charge is 2.50. The molecule has 0 saturated heterocycles. The first kappa shape index (κ1) is 43.7. The Bertz CT molecular complexity index is 1360. The molecule has 3 fully saturated rings. The van der Waals surface area contributed by atoms with Crippen LogP contribution in [0.2, 0.25) is 36.3 Å². The maximum atomic E-state index is 13.1. The third-order valence-electron chi connectivity index (χ3n) is 13.3. The Labute approximate surface area is 314 Å². The Balaban J connectivity index is 1.84. The molecule has 0 aromatic heterocycles. The number of carbonyl (C=O) groups excluding carboxylic acids is 2. The number of ether oxygens (including phenoxy) is 2. The van der Waals surface area contributed by atoms with Gasteiger partial charge in [-0.15, -0.1) is 0 Å². The molecule has 0 bridgehead atoms. The lowest BCUT2D eigenvalue weighted by molar-refractivity contribution is -0.131. The van der Waals surface area contributed by atoms with E-state index in [4.69, 9.17) is 18.3 Å². The molecular formula is C43H74O6Si2. The monoisotopic (exact) mass is 743 g/mol. The van der Waals surface area contributed by atoms with Gasteiger partial charge in [0.05, 0.1) is 18.8 Å². The number of carbonyl (C=O) groups is 2. The number of rotatable bonds is 12. The summed E-state index contributed by atoms with van der Waals surface area (Å²) in [4.78, 5) is 25.2. The molecule has 0 amide bonds. The highest BCUT2D eigenvalue weighted by atomic mass is 28.4. The fraction of sp³-hybridized carbons (Fsp3) is 0.767. The van der Waals surface area contributed by atoms with Crippen LogP contribution in [0.5, 0.6) is 0 Å². The van der Waals surface area contributed by atoms with E-state index in [2.05, 4.69) is 100 Å². The summed E-state index contributed by atoms with van der Waals surface area (Å²) in [5.74, 6) is 0.987. The van der Waals surface area contributed by atoms with Gasteiger partial charge >= 0.3 is 6.16 Å². The minimum absolute atomic E-state index is 0.0285. The molecule has 0 aromatic rings. The van der Waals surface area contributed by atoms with Crippen LogP contribution in [0.1, 0.15) is 128 Å². The van der Waals surface area contributed by atoms with Crippen molar-refractivity contribution in [2.45, 2.75) is 182 Å². The lowest BCUT2D eigenvalue weighted by Gasteiger charge is -2.45. The fourth-order valence-electron chi connectivity index (χ4n) is 7.96. The van der Waals surface area contributed by atoms with Gasteiger partial charge in [0, 0.05) is 6.42 Å². The number of allylic oxidation sites excluding steroid dienone is 4. The Kier molecular flexibility index (Phi) is 14.0. The quantitative estimate of drug-likeness (QED) is 0.113. The highest BCUT2D eigenvalue weighted by molar-refractivity contribution is 6.74. The maximum absolute atomic E-state index is 13.1. The van der Waals surface area contributed by atoms with Crippen LogP contribution in [-0.4, -0.2) is 53.0 Å². The van der Waals surface area contributed by atoms with Gasteiger partial charge in [0.2, 0.25) is 0 Å². The summed E-state index contributed by atoms with van der Waals surface area (Å²) in [6.07, 6.45) is 16.0. The predicted molar refractivity (Wildman–Crippen MR) is 217 cm³/mol. The predicted octanol–water partition coefficient (Wildman–Crippen LogP) is 12.3. The van der Waals surface area contributed by atoms with Gasteiger partial charge in [-0.25, -0.2) is 4.79 Å². The number of fused-ring (bicyclic) bond motifs is 1. The van der Waals surface area contributed by atoms with Gasteiger partial charge in [0.25, 0.3) is 0 Å². The van der Waals surface area contributed by atoms with Crippen molar-refractivity contribution in [3.05, 3.63) is 47.6 Å². The van der Waals surface area contributed by atoms with Crippen molar-refractivity contribution in [2.75, 3.05) is 6.61 Å². The van der Waals surface area contributed by atoms with Crippen molar-refractivity contribution in [1.29, 1.82) is 0 Å². The van der Waals surface area contributed by atoms with Gasteiger partial charge in [-0.05, 0) is 135 Å². The summed E-state index contributed by atoms with van der Waals surface area (Å²) >= 11 is 0. The van der Waals surface area contributed by atoms with E-state index in [-0.39, 0.29) is 46.0 Å². The van der Waals surface area contributed by atoms with Crippen LogP contribution in [0.4, 0.5) is 4.79 Å². The summed E-state index contributed by atoms with van der Waals surface area (Å²) in [5.41, 5.74) is 2.85. The fourth-order valence-corrected chi connectivity index (χ4v) is 10.6. The minimum atomic E-state index is -2.03. The van der Waals surface area contributed by atoms with E-state index in [0.717, 1.165) is 37.7 Å². The first-order valence-corrected chi connectivity index (χ1v) is 25.6. The Morgan fingerprint density at radius 3 is 2.16 bits per heavy atom. The zero-order chi connectivity index (χ0) is 38.8. The molecule has 290 valence electrons. The van der Waals surface area contributed by atoms with Gasteiger partial charge in [-0.3, -0.25) is 4.79 Å². The third kappa shape index (κ3) is 10.5. The van der Waals surface area contributed by atoms with Crippen molar-refractivity contribution in [3.8, 4) is 0 Å².